The second kappa shape index (κ2) is 6.38. The lowest BCUT2D eigenvalue weighted by atomic mass is 9.99. The highest BCUT2D eigenvalue weighted by Crippen LogP contribution is 2.15. The van der Waals surface area contributed by atoms with Crippen LogP contribution in [0.1, 0.15) is 30.3 Å². The number of hydrogen-bond acceptors (Lipinski definition) is 5. The molecule has 1 amide bonds. The lowest BCUT2D eigenvalue weighted by Gasteiger charge is -2.30. The minimum Gasteiger partial charge on any atom is -0.451 e. The number of amides is 1. The Hall–Kier alpha value is -2.38. The number of hydrogen-bond donors (Lipinski definition) is 2. The van der Waals surface area contributed by atoms with Crippen LogP contribution in [0.2, 0.25) is 0 Å². The van der Waals surface area contributed by atoms with Gasteiger partial charge in [-0.1, -0.05) is 6.92 Å². The fraction of sp³-hybridized carbons (Fsp3) is 0.538. The number of rotatable bonds is 3. The summed E-state index contributed by atoms with van der Waals surface area (Å²) in [6, 6.07) is 0.913. The second-order valence-electron chi connectivity index (χ2n) is 5.14. The number of nitrogens with zero attached hydrogens (tertiary/aromatic N) is 1. The van der Waals surface area contributed by atoms with Crippen molar-refractivity contribution in [2.24, 2.45) is 5.92 Å². The number of aromatic amines is 2. The number of piperidine rings is 1. The van der Waals surface area contributed by atoms with Gasteiger partial charge in [0.15, 0.2) is 6.61 Å². The van der Waals surface area contributed by atoms with Gasteiger partial charge in [-0.25, -0.2) is 9.59 Å². The predicted molar refractivity (Wildman–Crippen MR) is 72.9 cm³/mol. The molecule has 2 N–H and O–H groups in total. The zero-order valence-corrected chi connectivity index (χ0v) is 11.7. The highest BCUT2D eigenvalue weighted by molar-refractivity contribution is 5.89. The van der Waals surface area contributed by atoms with Crippen molar-refractivity contribution in [1.82, 2.24) is 14.9 Å². The highest BCUT2D eigenvalue weighted by atomic mass is 16.5. The van der Waals surface area contributed by atoms with E-state index in [-0.39, 0.29) is 11.6 Å². The van der Waals surface area contributed by atoms with Crippen LogP contribution >= 0.6 is 0 Å². The van der Waals surface area contributed by atoms with Crippen LogP contribution < -0.4 is 11.2 Å². The average molecular weight is 295 g/mol. The number of ether oxygens (including phenoxy) is 1. The summed E-state index contributed by atoms with van der Waals surface area (Å²) in [7, 11) is 0. The third-order valence-electron chi connectivity index (χ3n) is 3.44. The van der Waals surface area contributed by atoms with E-state index in [9.17, 15) is 19.2 Å². The molecular formula is C13H17N3O5. The number of likely N-dealkylation sites (tertiary alicyclic amines) is 1. The van der Waals surface area contributed by atoms with E-state index in [0.29, 0.717) is 19.0 Å². The Balaban J connectivity index is 1.90. The Morgan fingerprint density at radius 1 is 1.29 bits per heavy atom. The summed E-state index contributed by atoms with van der Waals surface area (Å²) in [5.41, 5.74) is -1.78. The van der Waals surface area contributed by atoms with Crippen molar-refractivity contribution in [3.05, 3.63) is 32.6 Å². The fourth-order valence-electron chi connectivity index (χ4n) is 2.13. The van der Waals surface area contributed by atoms with E-state index >= 15 is 0 Å². The largest absolute Gasteiger partial charge is 0.451 e. The van der Waals surface area contributed by atoms with Gasteiger partial charge in [0.2, 0.25) is 0 Å². The second-order valence-corrected chi connectivity index (χ2v) is 5.14. The number of carbonyl (C=O) groups excluding carboxylic acids is 2. The first-order valence-electron chi connectivity index (χ1n) is 6.74. The molecule has 1 saturated heterocycles. The van der Waals surface area contributed by atoms with E-state index in [2.05, 4.69) is 11.9 Å². The maximum Gasteiger partial charge on any atom is 0.355 e. The summed E-state index contributed by atoms with van der Waals surface area (Å²) in [6.45, 7) is 3.03. The number of nitrogens with one attached hydrogen (secondary N) is 2. The Morgan fingerprint density at radius 2 is 1.95 bits per heavy atom. The van der Waals surface area contributed by atoms with Crippen LogP contribution in [0.15, 0.2) is 15.7 Å². The summed E-state index contributed by atoms with van der Waals surface area (Å²) in [5, 5.41) is 0. The van der Waals surface area contributed by atoms with Crippen molar-refractivity contribution in [1.29, 1.82) is 0 Å². The first kappa shape index (κ1) is 15.0. The van der Waals surface area contributed by atoms with Crippen LogP contribution in [0, 0.1) is 5.92 Å². The molecule has 1 fully saturated rings. The molecule has 1 aromatic heterocycles. The molecule has 0 saturated carbocycles. The third kappa shape index (κ3) is 4.04. The molecule has 114 valence electrons. The molecule has 21 heavy (non-hydrogen) atoms. The smallest absolute Gasteiger partial charge is 0.355 e. The Bertz CT molecular complexity index is 611. The van der Waals surface area contributed by atoms with E-state index in [0.717, 1.165) is 18.9 Å². The van der Waals surface area contributed by atoms with Crippen molar-refractivity contribution < 1.29 is 14.3 Å². The van der Waals surface area contributed by atoms with Crippen molar-refractivity contribution >= 4 is 11.9 Å². The highest BCUT2D eigenvalue weighted by Gasteiger charge is 2.21. The van der Waals surface area contributed by atoms with Crippen molar-refractivity contribution in [3.8, 4) is 0 Å². The summed E-state index contributed by atoms with van der Waals surface area (Å²) < 4.78 is 4.83. The van der Waals surface area contributed by atoms with Gasteiger partial charge in [-0.2, -0.15) is 0 Å². The van der Waals surface area contributed by atoms with Crippen molar-refractivity contribution in [2.75, 3.05) is 19.7 Å². The summed E-state index contributed by atoms with van der Waals surface area (Å²) >= 11 is 0. The Labute approximate surface area is 120 Å². The minimum atomic E-state index is -0.906. The number of esters is 1. The van der Waals surface area contributed by atoms with Gasteiger partial charge in [-0.05, 0) is 18.8 Å². The topological polar surface area (TPSA) is 112 Å². The number of carbonyl (C=O) groups is 2. The standard InChI is InChI=1S/C13H17N3O5/c1-8-2-4-16(5-3-8)11(18)7-21-12(19)9-6-10(17)15-13(20)14-9/h6,8H,2-5,7H2,1H3,(H2,14,15,17,20). The molecule has 0 aromatic carbocycles. The Morgan fingerprint density at radius 3 is 2.57 bits per heavy atom. The first-order valence-corrected chi connectivity index (χ1v) is 6.74. The van der Waals surface area contributed by atoms with Crippen LogP contribution in [0.3, 0.4) is 0 Å². The zero-order chi connectivity index (χ0) is 15.4. The van der Waals surface area contributed by atoms with Gasteiger partial charge >= 0.3 is 11.7 Å². The fourth-order valence-corrected chi connectivity index (χ4v) is 2.13. The molecule has 0 radical (unpaired) electrons. The quantitative estimate of drug-likeness (QED) is 0.729. The van der Waals surface area contributed by atoms with Crippen LogP contribution in [0.4, 0.5) is 0 Å². The molecule has 1 aliphatic heterocycles. The molecule has 0 spiro atoms. The molecule has 0 atom stereocenters. The van der Waals surface area contributed by atoms with E-state index < -0.39 is 23.8 Å². The van der Waals surface area contributed by atoms with Crippen LogP contribution in [-0.4, -0.2) is 46.4 Å². The van der Waals surface area contributed by atoms with Crippen LogP contribution in [0.5, 0.6) is 0 Å². The maximum absolute atomic E-state index is 11.9. The van der Waals surface area contributed by atoms with Gasteiger partial charge in [0.25, 0.3) is 11.5 Å². The average Bonchev–Trinajstić information content (AvgIpc) is 2.44. The predicted octanol–water partition coefficient (Wildman–Crippen LogP) is -0.521. The normalized spacial score (nSPS) is 15.8. The lowest BCUT2D eigenvalue weighted by molar-refractivity contribution is -0.135. The Kier molecular flexibility index (Phi) is 4.56. The molecule has 0 bridgehead atoms. The van der Waals surface area contributed by atoms with E-state index in [1.165, 1.54) is 0 Å². The van der Waals surface area contributed by atoms with Crippen LogP contribution in [0.25, 0.3) is 0 Å². The third-order valence-corrected chi connectivity index (χ3v) is 3.44. The van der Waals surface area contributed by atoms with Gasteiger partial charge in [0.05, 0.1) is 0 Å². The van der Waals surface area contributed by atoms with Gasteiger partial charge < -0.3 is 14.6 Å². The summed E-state index contributed by atoms with van der Waals surface area (Å²) in [4.78, 5) is 51.4. The van der Waals surface area contributed by atoms with E-state index in [4.69, 9.17) is 4.74 Å². The minimum absolute atomic E-state index is 0.274. The van der Waals surface area contributed by atoms with Gasteiger partial charge in [0, 0.05) is 19.2 Å². The molecule has 2 heterocycles. The molecule has 2 rings (SSSR count). The summed E-state index contributed by atoms with van der Waals surface area (Å²) in [5.74, 6) is -0.586. The van der Waals surface area contributed by atoms with Crippen LogP contribution in [-0.2, 0) is 9.53 Å². The van der Waals surface area contributed by atoms with Gasteiger partial charge in [-0.15, -0.1) is 0 Å². The maximum atomic E-state index is 11.9. The monoisotopic (exact) mass is 295 g/mol. The lowest BCUT2D eigenvalue weighted by Crippen LogP contribution is -2.40. The van der Waals surface area contributed by atoms with E-state index in [1.807, 2.05) is 4.98 Å². The molecular weight excluding hydrogens is 278 g/mol. The molecule has 0 unspecified atom stereocenters. The molecule has 8 heteroatoms. The molecule has 8 nitrogen and oxygen atoms in total. The molecule has 1 aliphatic rings. The van der Waals surface area contributed by atoms with Crippen molar-refractivity contribution in [2.45, 2.75) is 19.8 Å². The zero-order valence-electron chi connectivity index (χ0n) is 11.7. The molecule has 1 aromatic rings. The molecule has 0 aliphatic carbocycles. The first-order chi connectivity index (χ1) is 9.95. The SMILES string of the molecule is CC1CCN(C(=O)COC(=O)c2cc(=O)[nH]c(=O)[nH]2)CC1. The summed E-state index contributed by atoms with van der Waals surface area (Å²) in [6.07, 6.45) is 1.86. The van der Waals surface area contributed by atoms with Gasteiger partial charge in [0.1, 0.15) is 5.69 Å². The number of aromatic nitrogens is 2. The van der Waals surface area contributed by atoms with Gasteiger partial charge in [-0.3, -0.25) is 14.6 Å². The number of H-pyrrole nitrogens is 2. The van der Waals surface area contributed by atoms with E-state index in [1.54, 1.807) is 4.90 Å². The van der Waals surface area contributed by atoms with Crippen molar-refractivity contribution in [3.63, 3.8) is 0 Å².